The standard InChI is InChI=1S/C11H14N4O2S/c1-6-4-7-9(13-5-8(16)17-3)14-11(12-2)15-10(7)18-6/h4H,5H2,1-3H3,(H2,12,13,14,15). The van der Waals surface area contributed by atoms with Gasteiger partial charge in [0.1, 0.15) is 17.2 Å². The van der Waals surface area contributed by atoms with Crippen LogP contribution in [0.15, 0.2) is 6.07 Å². The predicted octanol–water partition coefficient (Wildman–Crippen LogP) is 1.63. The summed E-state index contributed by atoms with van der Waals surface area (Å²) >= 11 is 1.59. The minimum Gasteiger partial charge on any atom is -0.468 e. The van der Waals surface area contributed by atoms with E-state index < -0.39 is 0 Å². The molecule has 0 atom stereocenters. The first-order valence-electron chi connectivity index (χ1n) is 5.40. The first-order valence-corrected chi connectivity index (χ1v) is 6.22. The molecule has 0 aliphatic carbocycles. The van der Waals surface area contributed by atoms with Crippen LogP contribution >= 0.6 is 11.3 Å². The minimum atomic E-state index is -0.334. The lowest BCUT2D eigenvalue weighted by Gasteiger charge is -2.07. The van der Waals surface area contributed by atoms with Gasteiger partial charge in [-0.05, 0) is 13.0 Å². The smallest absolute Gasteiger partial charge is 0.325 e. The molecule has 0 saturated heterocycles. The van der Waals surface area contributed by atoms with E-state index in [1.54, 1.807) is 18.4 Å². The second-order valence-corrected chi connectivity index (χ2v) is 4.89. The van der Waals surface area contributed by atoms with Crippen LogP contribution in [-0.4, -0.2) is 36.6 Å². The van der Waals surface area contributed by atoms with E-state index in [4.69, 9.17) is 0 Å². The molecule has 0 saturated carbocycles. The number of carbonyl (C=O) groups excluding carboxylic acids is 1. The van der Waals surface area contributed by atoms with Crippen molar-refractivity contribution in [3.63, 3.8) is 0 Å². The molecule has 0 bridgehead atoms. The Morgan fingerprint density at radius 3 is 2.94 bits per heavy atom. The Bertz CT molecular complexity index is 582. The van der Waals surface area contributed by atoms with E-state index in [9.17, 15) is 4.79 Å². The average Bonchev–Trinajstić information content (AvgIpc) is 2.75. The number of anilines is 2. The summed E-state index contributed by atoms with van der Waals surface area (Å²) in [6, 6.07) is 2.00. The molecule has 0 aliphatic heterocycles. The molecule has 6 nitrogen and oxygen atoms in total. The van der Waals surface area contributed by atoms with E-state index in [-0.39, 0.29) is 12.5 Å². The van der Waals surface area contributed by atoms with Crippen LogP contribution in [0.5, 0.6) is 0 Å². The average molecular weight is 266 g/mol. The van der Waals surface area contributed by atoms with E-state index in [1.165, 1.54) is 7.11 Å². The Hall–Kier alpha value is -1.89. The van der Waals surface area contributed by atoms with Gasteiger partial charge in [0.2, 0.25) is 5.95 Å². The topological polar surface area (TPSA) is 76.1 Å². The maximum atomic E-state index is 11.1. The molecule has 2 N–H and O–H groups in total. The van der Waals surface area contributed by atoms with E-state index in [2.05, 4.69) is 25.3 Å². The van der Waals surface area contributed by atoms with Gasteiger partial charge in [-0.25, -0.2) is 4.98 Å². The summed E-state index contributed by atoms with van der Waals surface area (Å²) in [4.78, 5) is 21.8. The number of carbonyl (C=O) groups is 1. The van der Waals surface area contributed by atoms with Gasteiger partial charge in [-0.1, -0.05) is 0 Å². The number of nitrogens with zero attached hydrogens (tertiary/aromatic N) is 2. The number of nitrogens with one attached hydrogen (secondary N) is 2. The second-order valence-electron chi connectivity index (χ2n) is 3.65. The van der Waals surface area contributed by atoms with Gasteiger partial charge < -0.3 is 15.4 Å². The van der Waals surface area contributed by atoms with Gasteiger partial charge in [0.25, 0.3) is 0 Å². The maximum Gasteiger partial charge on any atom is 0.325 e. The Labute approximate surface area is 108 Å². The van der Waals surface area contributed by atoms with Crippen molar-refractivity contribution in [3.8, 4) is 0 Å². The molecule has 2 aromatic heterocycles. The zero-order valence-corrected chi connectivity index (χ0v) is 11.2. The molecule has 0 fully saturated rings. The SMILES string of the molecule is CNc1nc(NCC(=O)OC)c2cc(C)sc2n1. The van der Waals surface area contributed by atoms with Crippen LogP contribution in [0.1, 0.15) is 4.88 Å². The summed E-state index contributed by atoms with van der Waals surface area (Å²) < 4.78 is 4.59. The molecule has 0 aromatic carbocycles. The molecule has 2 rings (SSSR count). The fourth-order valence-corrected chi connectivity index (χ4v) is 2.40. The highest BCUT2D eigenvalue weighted by Crippen LogP contribution is 2.29. The number of esters is 1. The molecule has 96 valence electrons. The van der Waals surface area contributed by atoms with Crippen LogP contribution in [0.3, 0.4) is 0 Å². The van der Waals surface area contributed by atoms with Crippen molar-refractivity contribution in [3.05, 3.63) is 10.9 Å². The lowest BCUT2D eigenvalue weighted by atomic mass is 10.3. The Morgan fingerprint density at radius 1 is 1.50 bits per heavy atom. The highest BCUT2D eigenvalue weighted by molar-refractivity contribution is 7.18. The first-order chi connectivity index (χ1) is 8.63. The van der Waals surface area contributed by atoms with Gasteiger partial charge >= 0.3 is 5.97 Å². The quantitative estimate of drug-likeness (QED) is 0.819. The number of hydrogen-bond acceptors (Lipinski definition) is 7. The number of aryl methyl sites for hydroxylation is 1. The third-order valence-electron chi connectivity index (χ3n) is 2.37. The Kier molecular flexibility index (Phi) is 3.61. The summed E-state index contributed by atoms with van der Waals surface area (Å²) in [5.74, 6) is 0.829. The van der Waals surface area contributed by atoms with Gasteiger partial charge in [-0.15, -0.1) is 11.3 Å². The normalized spacial score (nSPS) is 10.4. The summed E-state index contributed by atoms with van der Waals surface area (Å²) in [6.45, 7) is 2.09. The van der Waals surface area contributed by atoms with Crippen molar-refractivity contribution < 1.29 is 9.53 Å². The molecule has 2 heterocycles. The highest BCUT2D eigenvalue weighted by atomic mass is 32.1. The summed E-state index contributed by atoms with van der Waals surface area (Å²) in [7, 11) is 3.11. The van der Waals surface area contributed by atoms with Gasteiger partial charge in [0.05, 0.1) is 12.5 Å². The van der Waals surface area contributed by atoms with Gasteiger partial charge in [0, 0.05) is 11.9 Å². The molecule has 0 unspecified atom stereocenters. The molecule has 2 aromatic rings. The zero-order valence-electron chi connectivity index (χ0n) is 10.4. The second kappa shape index (κ2) is 5.18. The van der Waals surface area contributed by atoms with E-state index in [0.717, 1.165) is 15.1 Å². The van der Waals surface area contributed by atoms with Crippen LogP contribution in [-0.2, 0) is 9.53 Å². The Balaban J connectivity index is 2.37. The van der Waals surface area contributed by atoms with E-state index in [1.807, 2.05) is 13.0 Å². The third-order valence-corrected chi connectivity index (χ3v) is 3.31. The number of ether oxygens (including phenoxy) is 1. The van der Waals surface area contributed by atoms with Gasteiger partial charge in [-0.2, -0.15) is 4.98 Å². The van der Waals surface area contributed by atoms with E-state index in [0.29, 0.717) is 11.8 Å². The zero-order chi connectivity index (χ0) is 13.1. The molecule has 0 amide bonds. The lowest BCUT2D eigenvalue weighted by molar-refractivity contribution is -0.138. The largest absolute Gasteiger partial charge is 0.468 e. The molecular weight excluding hydrogens is 252 g/mol. The minimum absolute atomic E-state index is 0.0840. The number of rotatable bonds is 4. The van der Waals surface area contributed by atoms with Crippen LogP contribution in [0, 0.1) is 6.92 Å². The Morgan fingerprint density at radius 2 is 2.28 bits per heavy atom. The fraction of sp³-hybridized carbons (Fsp3) is 0.364. The van der Waals surface area contributed by atoms with Crippen LogP contribution < -0.4 is 10.6 Å². The monoisotopic (exact) mass is 266 g/mol. The van der Waals surface area contributed by atoms with Crippen molar-refractivity contribution in [2.45, 2.75) is 6.92 Å². The third kappa shape index (κ3) is 2.51. The number of fused-ring (bicyclic) bond motifs is 1. The first kappa shape index (κ1) is 12.6. The van der Waals surface area contributed by atoms with Crippen molar-refractivity contribution in [1.29, 1.82) is 0 Å². The van der Waals surface area contributed by atoms with Crippen molar-refractivity contribution >= 4 is 39.3 Å². The molecule has 18 heavy (non-hydrogen) atoms. The van der Waals surface area contributed by atoms with Crippen LogP contribution in [0.2, 0.25) is 0 Å². The van der Waals surface area contributed by atoms with Crippen molar-refractivity contribution in [2.75, 3.05) is 31.3 Å². The number of thiophene rings is 1. The van der Waals surface area contributed by atoms with Crippen LogP contribution in [0.4, 0.5) is 11.8 Å². The van der Waals surface area contributed by atoms with Gasteiger partial charge in [0.15, 0.2) is 0 Å². The highest BCUT2D eigenvalue weighted by Gasteiger charge is 2.11. The number of methoxy groups -OCH3 is 1. The summed E-state index contributed by atoms with van der Waals surface area (Å²) in [5.41, 5.74) is 0. The van der Waals surface area contributed by atoms with Gasteiger partial charge in [-0.3, -0.25) is 4.79 Å². The molecular formula is C11H14N4O2S. The molecule has 7 heteroatoms. The van der Waals surface area contributed by atoms with Crippen LogP contribution in [0.25, 0.3) is 10.2 Å². The predicted molar refractivity (Wildman–Crippen MR) is 72.2 cm³/mol. The lowest BCUT2D eigenvalue weighted by Crippen LogP contribution is -2.16. The van der Waals surface area contributed by atoms with Crippen molar-refractivity contribution in [1.82, 2.24) is 9.97 Å². The number of aromatic nitrogens is 2. The molecule has 0 radical (unpaired) electrons. The van der Waals surface area contributed by atoms with E-state index >= 15 is 0 Å². The van der Waals surface area contributed by atoms with Crippen molar-refractivity contribution in [2.24, 2.45) is 0 Å². The molecule has 0 aliphatic rings. The fourth-order valence-electron chi connectivity index (χ4n) is 1.52. The summed E-state index contributed by atoms with van der Waals surface area (Å²) in [6.07, 6.45) is 0. The summed E-state index contributed by atoms with van der Waals surface area (Å²) in [5, 5.41) is 6.78. The number of hydrogen-bond donors (Lipinski definition) is 2. The molecule has 0 spiro atoms. The maximum absolute atomic E-state index is 11.1.